The number of nitrogens with zero attached hydrogens (tertiary/aromatic N) is 1. The van der Waals surface area contributed by atoms with E-state index in [0.29, 0.717) is 5.92 Å². The van der Waals surface area contributed by atoms with E-state index in [4.69, 9.17) is 4.74 Å². The molecule has 1 heterocycles. The van der Waals surface area contributed by atoms with Crippen molar-refractivity contribution in [3.8, 4) is 5.75 Å². The highest BCUT2D eigenvalue weighted by molar-refractivity contribution is 5.95. The lowest BCUT2D eigenvalue weighted by Gasteiger charge is -2.30. The molecule has 0 aliphatic carbocycles. The van der Waals surface area contributed by atoms with Crippen LogP contribution in [0.1, 0.15) is 32.3 Å². The number of piperidine rings is 1. The smallest absolute Gasteiger partial charge is 0.246 e. The van der Waals surface area contributed by atoms with Gasteiger partial charge in [-0.1, -0.05) is 19.1 Å². The van der Waals surface area contributed by atoms with E-state index in [2.05, 4.69) is 6.92 Å². The molecule has 0 spiro atoms. The zero-order valence-corrected chi connectivity index (χ0v) is 12.6. The van der Waals surface area contributed by atoms with Crippen molar-refractivity contribution in [2.45, 2.75) is 26.7 Å². The number of likely N-dealkylation sites (tertiary alicyclic amines) is 1. The van der Waals surface area contributed by atoms with Gasteiger partial charge in [-0.25, -0.2) is 0 Å². The zero-order valence-electron chi connectivity index (χ0n) is 12.6. The standard InChI is InChI=1S/C17H23NO2/c1-13-6-5-9-18(12-13)17(19)10-14(2)15-7-4-8-16(11-15)20-3/h4,7-8,10-11,13H,5-6,9,12H2,1-3H3. The number of benzene rings is 1. The second kappa shape index (κ2) is 6.60. The van der Waals surface area contributed by atoms with Crippen LogP contribution in [0.25, 0.3) is 5.57 Å². The van der Waals surface area contributed by atoms with Crippen molar-refractivity contribution in [3.63, 3.8) is 0 Å². The molecule has 1 unspecified atom stereocenters. The Labute approximate surface area is 121 Å². The van der Waals surface area contributed by atoms with Gasteiger partial charge in [0.25, 0.3) is 0 Å². The monoisotopic (exact) mass is 273 g/mol. The lowest BCUT2D eigenvalue weighted by atomic mass is 10.00. The molecule has 1 fully saturated rings. The molecule has 2 rings (SSSR count). The fourth-order valence-electron chi connectivity index (χ4n) is 2.62. The number of ether oxygens (including phenoxy) is 1. The quantitative estimate of drug-likeness (QED) is 0.790. The molecule has 1 aromatic rings. The van der Waals surface area contributed by atoms with E-state index in [0.717, 1.165) is 36.4 Å². The molecule has 1 aliphatic rings. The lowest BCUT2D eigenvalue weighted by molar-refractivity contribution is -0.127. The molecule has 1 atom stereocenters. The topological polar surface area (TPSA) is 29.5 Å². The first-order chi connectivity index (χ1) is 9.60. The van der Waals surface area contributed by atoms with Gasteiger partial charge in [0.1, 0.15) is 5.75 Å². The Morgan fingerprint density at radius 3 is 2.95 bits per heavy atom. The SMILES string of the molecule is COc1cccc(C(C)=CC(=O)N2CCCC(C)C2)c1. The number of carbonyl (C=O) groups excluding carboxylic acids is 1. The Hall–Kier alpha value is -1.77. The molecule has 3 heteroatoms. The highest BCUT2D eigenvalue weighted by Gasteiger charge is 2.19. The van der Waals surface area contributed by atoms with Crippen molar-refractivity contribution in [1.82, 2.24) is 4.90 Å². The molecule has 108 valence electrons. The second-order valence-corrected chi connectivity index (χ2v) is 5.59. The first kappa shape index (κ1) is 14.6. The summed E-state index contributed by atoms with van der Waals surface area (Å²) < 4.78 is 5.22. The Bertz CT molecular complexity index is 507. The average molecular weight is 273 g/mol. The van der Waals surface area contributed by atoms with Gasteiger partial charge >= 0.3 is 0 Å². The van der Waals surface area contributed by atoms with E-state index in [1.807, 2.05) is 36.1 Å². The third kappa shape index (κ3) is 3.62. The van der Waals surface area contributed by atoms with Gasteiger partial charge in [0, 0.05) is 19.2 Å². The van der Waals surface area contributed by atoms with Crippen LogP contribution in [0, 0.1) is 5.92 Å². The van der Waals surface area contributed by atoms with Crippen molar-refractivity contribution in [2.24, 2.45) is 5.92 Å². The van der Waals surface area contributed by atoms with Crippen molar-refractivity contribution in [2.75, 3.05) is 20.2 Å². The molecule has 0 N–H and O–H groups in total. The van der Waals surface area contributed by atoms with E-state index in [1.165, 1.54) is 6.42 Å². The van der Waals surface area contributed by atoms with E-state index >= 15 is 0 Å². The number of methoxy groups -OCH3 is 1. The Balaban J connectivity index is 2.10. The molecule has 3 nitrogen and oxygen atoms in total. The maximum absolute atomic E-state index is 12.3. The van der Waals surface area contributed by atoms with Gasteiger partial charge in [-0.05, 0) is 49.0 Å². The van der Waals surface area contributed by atoms with Crippen molar-refractivity contribution in [3.05, 3.63) is 35.9 Å². The summed E-state index contributed by atoms with van der Waals surface area (Å²) in [6, 6.07) is 7.81. The fourth-order valence-corrected chi connectivity index (χ4v) is 2.62. The van der Waals surface area contributed by atoms with Gasteiger partial charge in [-0.3, -0.25) is 4.79 Å². The Morgan fingerprint density at radius 1 is 1.45 bits per heavy atom. The normalized spacial score (nSPS) is 19.9. The van der Waals surface area contributed by atoms with E-state index in [9.17, 15) is 4.79 Å². The van der Waals surface area contributed by atoms with E-state index in [-0.39, 0.29) is 5.91 Å². The summed E-state index contributed by atoms with van der Waals surface area (Å²) in [5.41, 5.74) is 2.01. The number of hydrogen-bond donors (Lipinski definition) is 0. The third-order valence-corrected chi connectivity index (χ3v) is 3.83. The van der Waals surface area contributed by atoms with Gasteiger partial charge in [-0.15, -0.1) is 0 Å². The average Bonchev–Trinajstić information content (AvgIpc) is 2.47. The Morgan fingerprint density at radius 2 is 2.25 bits per heavy atom. The summed E-state index contributed by atoms with van der Waals surface area (Å²) in [4.78, 5) is 14.3. The van der Waals surface area contributed by atoms with Crippen LogP contribution in [-0.2, 0) is 4.79 Å². The van der Waals surface area contributed by atoms with Gasteiger partial charge < -0.3 is 9.64 Å². The summed E-state index contributed by atoms with van der Waals surface area (Å²) in [6.07, 6.45) is 4.08. The molecular formula is C17H23NO2. The lowest BCUT2D eigenvalue weighted by Crippen LogP contribution is -2.38. The highest BCUT2D eigenvalue weighted by atomic mass is 16.5. The van der Waals surface area contributed by atoms with Crippen LogP contribution in [0.4, 0.5) is 0 Å². The minimum absolute atomic E-state index is 0.122. The van der Waals surface area contributed by atoms with Gasteiger partial charge in [0.2, 0.25) is 5.91 Å². The summed E-state index contributed by atoms with van der Waals surface area (Å²) in [7, 11) is 1.65. The molecule has 0 saturated carbocycles. The van der Waals surface area contributed by atoms with Crippen LogP contribution in [0.5, 0.6) is 5.75 Å². The summed E-state index contributed by atoms with van der Waals surface area (Å²) in [5.74, 6) is 1.55. The van der Waals surface area contributed by atoms with Crippen LogP contribution in [0.2, 0.25) is 0 Å². The minimum Gasteiger partial charge on any atom is -0.497 e. The maximum atomic E-state index is 12.3. The number of carbonyl (C=O) groups is 1. The largest absolute Gasteiger partial charge is 0.497 e. The Kier molecular flexibility index (Phi) is 4.83. The van der Waals surface area contributed by atoms with Crippen LogP contribution < -0.4 is 4.74 Å². The van der Waals surface area contributed by atoms with Gasteiger partial charge in [-0.2, -0.15) is 0 Å². The van der Waals surface area contributed by atoms with Crippen LogP contribution in [-0.4, -0.2) is 31.0 Å². The molecule has 0 bridgehead atoms. The predicted octanol–water partition coefficient (Wildman–Crippen LogP) is 3.36. The van der Waals surface area contributed by atoms with E-state index in [1.54, 1.807) is 13.2 Å². The molecule has 1 saturated heterocycles. The van der Waals surface area contributed by atoms with Crippen LogP contribution >= 0.6 is 0 Å². The molecule has 20 heavy (non-hydrogen) atoms. The zero-order chi connectivity index (χ0) is 14.5. The van der Waals surface area contributed by atoms with Crippen molar-refractivity contribution < 1.29 is 9.53 Å². The minimum atomic E-state index is 0.122. The third-order valence-electron chi connectivity index (χ3n) is 3.83. The van der Waals surface area contributed by atoms with Crippen molar-refractivity contribution in [1.29, 1.82) is 0 Å². The van der Waals surface area contributed by atoms with Crippen molar-refractivity contribution >= 4 is 11.5 Å². The number of allylic oxidation sites excluding steroid dienone is 1. The molecule has 1 aromatic carbocycles. The van der Waals surface area contributed by atoms with Gasteiger partial charge in [0.15, 0.2) is 0 Å². The first-order valence-corrected chi connectivity index (χ1v) is 7.22. The predicted molar refractivity (Wildman–Crippen MR) is 81.6 cm³/mol. The molecule has 1 amide bonds. The first-order valence-electron chi connectivity index (χ1n) is 7.22. The fraction of sp³-hybridized carbons (Fsp3) is 0.471. The highest BCUT2D eigenvalue weighted by Crippen LogP contribution is 2.21. The maximum Gasteiger partial charge on any atom is 0.246 e. The summed E-state index contributed by atoms with van der Waals surface area (Å²) in [5, 5.41) is 0. The molecule has 1 aliphatic heterocycles. The molecule has 0 aromatic heterocycles. The molecular weight excluding hydrogens is 250 g/mol. The van der Waals surface area contributed by atoms with E-state index < -0.39 is 0 Å². The summed E-state index contributed by atoms with van der Waals surface area (Å²) in [6.45, 7) is 5.93. The number of rotatable bonds is 3. The molecule has 0 radical (unpaired) electrons. The summed E-state index contributed by atoms with van der Waals surface area (Å²) >= 11 is 0. The second-order valence-electron chi connectivity index (χ2n) is 5.59. The van der Waals surface area contributed by atoms with Crippen LogP contribution in [0.3, 0.4) is 0 Å². The van der Waals surface area contributed by atoms with Crippen LogP contribution in [0.15, 0.2) is 30.3 Å². The number of hydrogen-bond acceptors (Lipinski definition) is 2. The number of amides is 1. The van der Waals surface area contributed by atoms with Gasteiger partial charge in [0.05, 0.1) is 7.11 Å².